The molecule has 25 heavy (non-hydrogen) atoms. The van der Waals surface area contributed by atoms with Gasteiger partial charge in [-0.25, -0.2) is 4.98 Å². The quantitative estimate of drug-likeness (QED) is 0.891. The second-order valence-corrected chi connectivity index (χ2v) is 8.50. The number of nitrogens with two attached hydrogens (primary N) is 1. The predicted molar refractivity (Wildman–Crippen MR) is 99.6 cm³/mol. The average molecular weight is 365 g/mol. The molecule has 0 radical (unpaired) electrons. The van der Waals surface area contributed by atoms with E-state index >= 15 is 0 Å². The van der Waals surface area contributed by atoms with Crippen molar-refractivity contribution in [2.24, 2.45) is 5.41 Å². The molecule has 6 nitrogen and oxygen atoms in total. The zero-order valence-electron chi connectivity index (χ0n) is 15.2. The van der Waals surface area contributed by atoms with Gasteiger partial charge in [-0.3, -0.25) is 9.59 Å². The van der Waals surface area contributed by atoms with Gasteiger partial charge in [0.2, 0.25) is 5.91 Å². The van der Waals surface area contributed by atoms with Crippen LogP contribution in [0.4, 0.5) is 5.13 Å². The molecule has 0 aliphatic carbocycles. The van der Waals surface area contributed by atoms with E-state index < -0.39 is 0 Å². The van der Waals surface area contributed by atoms with Crippen LogP contribution in [0.5, 0.6) is 0 Å². The predicted octanol–water partition coefficient (Wildman–Crippen LogP) is 2.68. The van der Waals surface area contributed by atoms with E-state index in [1.165, 1.54) is 11.3 Å². The van der Waals surface area contributed by atoms with Gasteiger partial charge in [-0.15, -0.1) is 0 Å². The summed E-state index contributed by atoms with van der Waals surface area (Å²) < 4.78 is 0. The van der Waals surface area contributed by atoms with Gasteiger partial charge in [-0.05, 0) is 32.6 Å². The normalized spacial score (nSPS) is 24.2. The Morgan fingerprint density at radius 1 is 1.36 bits per heavy atom. The Hall–Kier alpha value is -1.63. The number of hydrogen-bond acceptors (Lipinski definition) is 5. The van der Waals surface area contributed by atoms with E-state index in [-0.39, 0.29) is 17.2 Å². The lowest BCUT2D eigenvalue weighted by Crippen LogP contribution is -2.55. The number of thiazole rings is 1. The molecule has 3 rings (SSSR count). The van der Waals surface area contributed by atoms with Crippen molar-refractivity contribution in [1.29, 1.82) is 0 Å². The third kappa shape index (κ3) is 3.81. The molecule has 2 N–H and O–H groups in total. The summed E-state index contributed by atoms with van der Waals surface area (Å²) in [6.45, 7) is 7.13. The van der Waals surface area contributed by atoms with Crippen molar-refractivity contribution < 1.29 is 9.59 Å². The molecular weight excluding hydrogens is 336 g/mol. The molecule has 1 spiro atoms. The highest BCUT2D eigenvalue weighted by atomic mass is 32.1. The molecular formula is C18H28N4O2S. The summed E-state index contributed by atoms with van der Waals surface area (Å²) >= 11 is 1.27. The summed E-state index contributed by atoms with van der Waals surface area (Å²) in [5.74, 6) is 0.316. The largest absolute Gasteiger partial charge is 0.375 e. The highest BCUT2D eigenvalue weighted by Gasteiger charge is 2.43. The van der Waals surface area contributed by atoms with Gasteiger partial charge in [0.15, 0.2) is 5.13 Å². The molecule has 0 aromatic carbocycles. The van der Waals surface area contributed by atoms with Crippen LogP contribution < -0.4 is 5.73 Å². The summed E-state index contributed by atoms with van der Waals surface area (Å²) in [5.41, 5.74) is 6.53. The van der Waals surface area contributed by atoms with E-state index in [0.717, 1.165) is 64.0 Å². The van der Waals surface area contributed by atoms with Gasteiger partial charge in [-0.1, -0.05) is 24.7 Å². The minimum absolute atomic E-state index is 0.0442. The van der Waals surface area contributed by atoms with Crippen LogP contribution in [0.3, 0.4) is 0 Å². The van der Waals surface area contributed by atoms with E-state index in [1.807, 2.05) is 16.7 Å². The second-order valence-electron chi connectivity index (χ2n) is 7.47. The molecule has 138 valence electrons. The van der Waals surface area contributed by atoms with Gasteiger partial charge in [0.1, 0.15) is 4.88 Å². The third-order valence-corrected chi connectivity index (χ3v) is 6.46. The molecule has 2 amide bonds. The molecule has 2 fully saturated rings. The second kappa shape index (κ2) is 7.32. The van der Waals surface area contributed by atoms with E-state index in [9.17, 15) is 9.59 Å². The maximum atomic E-state index is 12.9. The first-order valence-corrected chi connectivity index (χ1v) is 10.1. The number of piperidine rings is 2. The van der Waals surface area contributed by atoms with Crippen LogP contribution in [0.1, 0.15) is 60.8 Å². The number of rotatable bonds is 4. The van der Waals surface area contributed by atoms with Crippen molar-refractivity contribution in [2.45, 2.75) is 52.4 Å². The van der Waals surface area contributed by atoms with Gasteiger partial charge >= 0.3 is 0 Å². The van der Waals surface area contributed by atoms with Crippen molar-refractivity contribution in [3.05, 3.63) is 10.6 Å². The van der Waals surface area contributed by atoms with Gasteiger partial charge in [0.25, 0.3) is 5.91 Å². The molecule has 3 heterocycles. The SMILES string of the molecule is CCCCN1C[C@@]2(CCCN(C(=O)c3sc(N)nc3C)C2)CCC1=O. The van der Waals surface area contributed by atoms with E-state index in [2.05, 4.69) is 11.9 Å². The molecule has 1 aromatic rings. The van der Waals surface area contributed by atoms with Crippen LogP contribution in [0.15, 0.2) is 0 Å². The first-order valence-electron chi connectivity index (χ1n) is 9.24. The number of likely N-dealkylation sites (tertiary alicyclic amines) is 2. The molecule has 1 aromatic heterocycles. The summed E-state index contributed by atoms with van der Waals surface area (Å²) in [6, 6.07) is 0. The Bertz CT molecular complexity index is 660. The van der Waals surface area contributed by atoms with Crippen molar-refractivity contribution in [3.63, 3.8) is 0 Å². The maximum absolute atomic E-state index is 12.9. The topological polar surface area (TPSA) is 79.5 Å². The summed E-state index contributed by atoms with van der Waals surface area (Å²) in [4.78, 5) is 34.0. The first-order chi connectivity index (χ1) is 11.9. The Balaban J connectivity index is 1.72. The number of aryl methyl sites for hydroxylation is 1. The summed E-state index contributed by atoms with van der Waals surface area (Å²) in [5, 5.41) is 0.446. The third-order valence-electron chi connectivity index (χ3n) is 5.49. The Morgan fingerprint density at radius 3 is 2.84 bits per heavy atom. The van der Waals surface area contributed by atoms with Crippen LogP contribution in [-0.2, 0) is 4.79 Å². The molecule has 1 atom stereocenters. The summed E-state index contributed by atoms with van der Waals surface area (Å²) in [7, 11) is 0. The number of anilines is 1. The molecule has 2 saturated heterocycles. The zero-order chi connectivity index (χ0) is 18.0. The number of carbonyl (C=O) groups is 2. The van der Waals surface area contributed by atoms with Crippen molar-refractivity contribution >= 4 is 28.3 Å². The highest BCUT2D eigenvalue weighted by Crippen LogP contribution is 2.39. The molecule has 2 aliphatic heterocycles. The number of nitrogen functional groups attached to an aromatic ring is 1. The minimum atomic E-state index is 0.0442. The zero-order valence-corrected chi connectivity index (χ0v) is 16.0. The highest BCUT2D eigenvalue weighted by molar-refractivity contribution is 7.17. The lowest BCUT2D eigenvalue weighted by molar-refractivity contribution is -0.139. The van der Waals surface area contributed by atoms with E-state index in [0.29, 0.717) is 16.4 Å². The van der Waals surface area contributed by atoms with Gasteiger partial charge < -0.3 is 15.5 Å². The first kappa shape index (κ1) is 18.2. The number of aromatic nitrogens is 1. The number of hydrogen-bond donors (Lipinski definition) is 1. The van der Waals surface area contributed by atoms with Crippen LogP contribution in [0.25, 0.3) is 0 Å². The smallest absolute Gasteiger partial charge is 0.265 e. The van der Waals surface area contributed by atoms with Crippen LogP contribution in [0.2, 0.25) is 0 Å². The van der Waals surface area contributed by atoms with Gasteiger partial charge in [-0.2, -0.15) is 0 Å². The maximum Gasteiger partial charge on any atom is 0.265 e. The number of nitrogens with zero attached hydrogens (tertiary/aromatic N) is 3. The number of carbonyl (C=O) groups excluding carboxylic acids is 2. The fourth-order valence-corrected chi connectivity index (χ4v) is 4.93. The van der Waals surface area contributed by atoms with E-state index in [1.54, 1.807) is 0 Å². The van der Waals surface area contributed by atoms with Crippen molar-refractivity contribution in [2.75, 3.05) is 31.9 Å². The average Bonchev–Trinajstić information content (AvgIpc) is 2.94. The standard InChI is InChI=1S/C18H28N4O2S/c1-3-4-9-21-11-18(8-6-14(21)23)7-5-10-22(12-18)16(24)15-13(2)20-17(19)25-15/h3-12H2,1-2H3,(H2,19,20)/t18-/m1/s1. The van der Waals surface area contributed by atoms with Crippen LogP contribution in [0, 0.1) is 12.3 Å². The fraction of sp³-hybridized carbons (Fsp3) is 0.722. The fourth-order valence-electron chi connectivity index (χ4n) is 4.13. The molecule has 0 bridgehead atoms. The van der Waals surface area contributed by atoms with Crippen molar-refractivity contribution in [3.8, 4) is 0 Å². The summed E-state index contributed by atoms with van der Waals surface area (Å²) in [6.07, 6.45) is 5.73. The van der Waals surface area contributed by atoms with Crippen LogP contribution in [-0.4, -0.2) is 52.8 Å². The molecule has 0 unspecified atom stereocenters. The minimum Gasteiger partial charge on any atom is -0.375 e. The van der Waals surface area contributed by atoms with Crippen molar-refractivity contribution in [1.82, 2.24) is 14.8 Å². The Morgan fingerprint density at radius 2 is 2.16 bits per heavy atom. The molecule has 7 heteroatoms. The van der Waals surface area contributed by atoms with Gasteiger partial charge in [0.05, 0.1) is 5.69 Å². The molecule has 2 aliphatic rings. The number of amides is 2. The van der Waals surface area contributed by atoms with Crippen LogP contribution >= 0.6 is 11.3 Å². The lowest BCUT2D eigenvalue weighted by Gasteiger charge is -2.48. The monoisotopic (exact) mass is 364 g/mol. The molecule has 0 saturated carbocycles. The lowest BCUT2D eigenvalue weighted by atomic mass is 9.73. The van der Waals surface area contributed by atoms with E-state index in [4.69, 9.17) is 5.73 Å². The number of unbranched alkanes of at least 4 members (excludes halogenated alkanes) is 1. The Kier molecular flexibility index (Phi) is 5.32. The van der Waals surface area contributed by atoms with Gasteiger partial charge in [0, 0.05) is 38.0 Å². The Labute approximate surface area is 153 Å².